The molecule has 0 aliphatic heterocycles. The van der Waals surface area contributed by atoms with Crippen LogP contribution < -0.4 is 11.1 Å². The van der Waals surface area contributed by atoms with Crippen LogP contribution in [0.5, 0.6) is 0 Å². The molecule has 0 heterocycles. The lowest BCUT2D eigenvalue weighted by Crippen LogP contribution is -2.49. The zero-order valence-corrected chi connectivity index (χ0v) is 13.2. The molecule has 1 aromatic rings. The first-order valence-electron chi connectivity index (χ1n) is 7.59. The molecule has 0 unspecified atom stereocenters. The van der Waals surface area contributed by atoms with Crippen LogP contribution >= 0.6 is 0 Å². The van der Waals surface area contributed by atoms with E-state index in [1.54, 1.807) is 0 Å². The minimum atomic E-state index is -1.82. The number of alkyl carbamates (subject to hydrolysis) is 1. The number of hydrogen-bond acceptors (Lipinski definition) is 5. The number of carbonyl (C=O) groups is 3. The van der Waals surface area contributed by atoms with Crippen molar-refractivity contribution in [3.8, 4) is 0 Å². The number of carbonyl (C=O) groups excluding carboxylic acids is 1. The molecule has 2 rings (SSSR count). The van der Waals surface area contributed by atoms with Crippen LogP contribution in [0.1, 0.15) is 31.2 Å². The standard InChI is InChI=1S/C14H20N2O2.C2H2O4/c15-12-8-4-5-9-13(12)16-14(17)18-10-11-6-2-1-3-7-11;3-1(4)2(5)6/h1-3,6-7,12-13H,4-5,8-10,15H2,(H,16,17);(H,3,4)(H,5,6)/t12-,13+;/m1./s1. The van der Waals surface area contributed by atoms with Crippen molar-refractivity contribution in [2.45, 2.75) is 44.4 Å². The van der Waals surface area contributed by atoms with Crippen LogP contribution in [0.25, 0.3) is 0 Å². The Morgan fingerprint density at radius 1 is 1.08 bits per heavy atom. The molecule has 8 heteroatoms. The SMILES string of the molecule is N[C@@H]1CCCC[C@@H]1NC(=O)OCc1ccccc1.O=C(O)C(=O)O. The smallest absolute Gasteiger partial charge is 0.414 e. The van der Waals surface area contributed by atoms with Crippen LogP contribution in [0.2, 0.25) is 0 Å². The summed E-state index contributed by atoms with van der Waals surface area (Å²) in [5, 5.41) is 17.6. The molecule has 132 valence electrons. The van der Waals surface area contributed by atoms with Gasteiger partial charge in [0.25, 0.3) is 0 Å². The van der Waals surface area contributed by atoms with Gasteiger partial charge in [-0.1, -0.05) is 43.2 Å². The number of carboxylic acids is 2. The van der Waals surface area contributed by atoms with Gasteiger partial charge in [0, 0.05) is 12.1 Å². The maximum absolute atomic E-state index is 11.6. The molecule has 1 aromatic carbocycles. The molecular formula is C16H22N2O6. The predicted molar refractivity (Wildman–Crippen MR) is 85.3 cm³/mol. The highest BCUT2D eigenvalue weighted by molar-refractivity contribution is 6.27. The van der Waals surface area contributed by atoms with E-state index >= 15 is 0 Å². The summed E-state index contributed by atoms with van der Waals surface area (Å²) in [6.07, 6.45) is 3.82. The number of hydrogen-bond donors (Lipinski definition) is 4. The molecule has 1 saturated carbocycles. The van der Waals surface area contributed by atoms with Gasteiger partial charge in [-0.05, 0) is 18.4 Å². The van der Waals surface area contributed by atoms with Crippen molar-refractivity contribution < 1.29 is 29.3 Å². The summed E-state index contributed by atoms with van der Waals surface area (Å²) in [5.74, 6) is -3.65. The summed E-state index contributed by atoms with van der Waals surface area (Å²) in [5.41, 5.74) is 6.95. The van der Waals surface area contributed by atoms with Crippen molar-refractivity contribution in [2.24, 2.45) is 5.73 Å². The molecule has 5 N–H and O–H groups in total. The fourth-order valence-electron chi connectivity index (χ4n) is 2.25. The maximum Gasteiger partial charge on any atom is 0.414 e. The summed E-state index contributed by atoms with van der Waals surface area (Å²) in [6, 6.07) is 9.76. The van der Waals surface area contributed by atoms with Gasteiger partial charge in [-0.25, -0.2) is 14.4 Å². The number of amides is 1. The number of benzene rings is 1. The van der Waals surface area contributed by atoms with Crippen LogP contribution in [-0.4, -0.2) is 40.3 Å². The number of carboxylic acid groups (broad SMARTS) is 2. The molecule has 2 atom stereocenters. The van der Waals surface area contributed by atoms with E-state index in [0.29, 0.717) is 6.61 Å². The Morgan fingerprint density at radius 2 is 1.67 bits per heavy atom. The lowest BCUT2D eigenvalue weighted by atomic mass is 9.91. The lowest BCUT2D eigenvalue weighted by Gasteiger charge is -2.28. The summed E-state index contributed by atoms with van der Waals surface area (Å²) in [4.78, 5) is 29.8. The summed E-state index contributed by atoms with van der Waals surface area (Å²) in [7, 11) is 0. The topological polar surface area (TPSA) is 139 Å². The van der Waals surface area contributed by atoms with Crippen molar-refractivity contribution in [3.63, 3.8) is 0 Å². The third-order valence-corrected chi connectivity index (χ3v) is 3.52. The highest BCUT2D eigenvalue weighted by Gasteiger charge is 2.23. The van der Waals surface area contributed by atoms with Gasteiger partial charge in [0.2, 0.25) is 0 Å². The normalized spacial score (nSPS) is 19.4. The summed E-state index contributed by atoms with van der Waals surface area (Å²) in [6.45, 7) is 0.300. The highest BCUT2D eigenvalue weighted by atomic mass is 16.5. The average molecular weight is 338 g/mol. The maximum atomic E-state index is 11.6. The number of nitrogens with two attached hydrogens (primary N) is 1. The van der Waals surface area contributed by atoms with Crippen LogP contribution in [0.15, 0.2) is 30.3 Å². The van der Waals surface area contributed by atoms with E-state index in [4.69, 9.17) is 30.3 Å². The van der Waals surface area contributed by atoms with Gasteiger partial charge >= 0.3 is 18.0 Å². The van der Waals surface area contributed by atoms with E-state index in [1.165, 1.54) is 0 Å². The molecular weight excluding hydrogens is 316 g/mol. The van der Waals surface area contributed by atoms with Crippen molar-refractivity contribution in [1.29, 1.82) is 0 Å². The van der Waals surface area contributed by atoms with Crippen molar-refractivity contribution in [1.82, 2.24) is 5.32 Å². The molecule has 0 saturated heterocycles. The van der Waals surface area contributed by atoms with Crippen molar-refractivity contribution in [2.75, 3.05) is 0 Å². The van der Waals surface area contributed by atoms with Gasteiger partial charge in [-0.15, -0.1) is 0 Å². The Kier molecular flexibility index (Phi) is 8.28. The number of ether oxygens (including phenoxy) is 1. The van der Waals surface area contributed by atoms with E-state index < -0.39 is 11.9 Å². The van der Waals surface area contributed by atoms with E-state index in [-0.39, 0.29) is 18.2 Å². The second-order valence-electron chi connectivity index (χ2n) is 5.37. The van der Waals surface area contributed by atoms with Gasteiger partial charge in [0.15, 0.2) is 0 Å². The molecule has 1 aliphatic carbocycles. The van der Waals surface area contributed by atoms with Gasteiger partial charge in [0.1, 0.15) is 6.61 Å². The first-order valence-corrected chi connectivity index (χ1v) is 7.59. The van der Waals surface area contributed by atoms with Gasteiger partial charge < -0.3 is 26.0 Å². The first-order chi connectivity index (χ1) is 11.4. The summed E-state index contributed by atoms with van der Waals surface area (Å²) < 4.78 is 5.17. The van der Waals surface area contributed by atoms with Crippen molar-refractivity contribution >= 4 is 18.0 Å². The largest absolute Gasteiger partial charge is 0.473 e. The van der Waals surface area contributed by atoms with Gasteiger partial charge in [-0.3, -0.25) is 0 Å². The quantitative estimate of drug-likeness (QED) is 0.610. The fourth-order valence-corrected chi connectivity index (χ4v) is 2.25. The number of aliphatic carboxylic acids is 2. The van der Waals surface area contributed by atoms with E-state index in [0.717, 1.165) is 31.2 Å². The molecule has 1 fully saturated rings. The van der Waals surface area contributed by atoms with Crippen LogP contribution in [-0.2, 0) is 20.9 Å². The second-order valence-corrected chi connectivity index (χ2v) is 5.37. The Morgan fingerprint density at radius 3 is 2.21 bits per heavy atom. The van der Waals surface area contributed by atoms with Crippen LogP contribution in [0.4, 0.5) is 4.79 Å². The molecule has 0 spiro atoms. The second kappa shape index (κ2) is 10.2. The fraction of sp³-hybridized carbons (Fsp3) is 0.438. The minimum Gasteiger partial charge on any atom is -0.473 e. The molecule has 1 amide bonds. The van der Waals surface area contributed by atoms with Crippen LogP contribution in [0, 0.1) is 0 Å². The Bertz CT molecular complexity index is 537. The van der Waals surface area contributed by atoms with Gasteiger partial charge in [0.05, 0.1) is 0 Å². The van der Waals surface area contributed by atoms with E-state index in [2.05, 4.69) is 5.32 Å². The zero-order chi connectivity index (χ0) is 17.9. The predicted octanol–water partition coefficient (Wildman–Crippen LogP) is 1.34. The van der Waals surface area contributed by atoms with Crippen molar-refractivity contribution in [3.05, 3.63) is 35.9 Å². The highest BCUT2D eigenvalue weighted by Crippen LogP contribution is 2.16. The number of nitrogens with one attached hydrogen (secondary N) is 1. The Hall–Kier alpha value is -2.61. The Labute approximate surface area is 139 Å². The third kappa shape index (κ3) is 7.59. The number of rotatable bonds is 3. The summed E-state index contributed by atoms with van der Waals surface area (Å²) >= 11 is 0. The molecule has 0 radical (unpaired) electrons. The van der Waals surface area contributed by atoms with E-state index in [9.17, 15) is 4.79 Å². The lowest BCUT2D eigenvalue weighted by molar-refractivity contribution is -0.159. The molecule has 0 aromatic heterocycles. The zero-order valence-electron chi connectivity index (χ0n) is 13.2. The molecule has 1 aliphatic rings. The Balaban J connectivity index is 0.000000413. The average Bonchev–Trinajstić information content (AvgIpc) is 2.56. The minimum absolute atomic E-state index is 0.0574. The molecule has 0 bridgehead atoms. The molecule has 24 heavy (non-hydrogen) atoms. The third-order valence-electron chi connectivity index (χ3n) is 3.52. The molecule has 8 nitrogen and oxygen atoms in total. The monoisotopic (exact) mass is 338 g/mol. The van der Waals surface area contributed by atoms with Crippen LogP contribution in [0.3, 0.4) is 0 Å². The first kappa shape index (κ1) is 19.4. The van der Waals surface area contributed by atoms with Gasteiger partial charge in [-0.2, -0.15) is 0 Å². The van der Waals surface area contributed by atoms with E-state index in [1.807, 2.05) is 30.3 Å².